The van der Waals surface area contributed by atoms with Crippen molar-refractivity contribution in [2.75, 3.05) is 0 Å². The number of hydrogen-bond acceptors (Lipinski definition) is 1. The molecule has 0 unspecified atom stereocenters. The largest absolute Gasteiger partial charge is 0.300 e. The highest BCUT2D eigenvalue weighted by atomic mass is 79.9. The molecule has 0 aromatic heterocycles. The van der Waals surface area contributed by atoms with Gasteiger partial charge in [-0.1, -0.05) is 11.6 Å². The summed E-state index contributed by atoms with van der Waals surface area (Å²) < 4.78 is 38.8. The molecule has 0 saturated carbocycles. The molecule has 0 aliphatic heterocycles. The Morgan fingerprint density at radius 2 is 1.80 bits per heavy atom. The zero-order valence-electron chi connectivity index (χ0n) is 7.51. The minimum Gasteiger partial charge on any atom is -0.300 e. The van der Waals surface area contributed by atoms with Crippen LogP contribution in [0.5, 0.6) is 0 Å². The lowest BCUT2D eigenvalue weighted by molar-refractivity contribution is -0.116. The fourth-order valence-corrected chi connectivity index (χ4v) is 1.79. The van der Waals surface area contributed by atoms with Crippen molar-refractivity contribution in [3.63, 3.8) is 0 Å². The lowest BCUT2D eigenvalue weighted by Crippen LogP contribution is -2.05. The lowest BCUT2D eigenvalue weighted by atomic mass is 10.1. The molecule has 1 aromatic rings. The third-order valence-corrected chi connectivity index (χ3v) is 2.82. The molecule has 0 aliphatic rings. The lowest BCUT2D eigenvalue weighted by Gasteiger charge is -2.08. The van der Waals surface area contributed by atoms with E-state index in [9.17, 15) is 18.0 Å². The van der Waals surface area contributed by atoms with Gasteiger partial charge in [-0.15, -0.1) is 0 Å². The van der Waals surface area contributed by atoms with Crippen molar-refractivity contribution in [2.45, 2.75) is 13.3 Å². The minimum absolute atomic E-state index is 0.433. The van der Waals surface area contributed by atoms with Crippen LogP contribution in [-0.2, 0) is 11.2 Å². The molecule has 15 heavy (non-hydrogen) atoms. The van der Waals surface area contributed by atoms with Gasteiger partial charge in [-0.3, -0.25) is 4.79 Å². The number of carbonyl (C=O) groups is 1. The molecule has 0 fully saturated rings. The second-order valence-electron chi connectivity index (χ2n) is 2.93. The normalized spacial score (nSPS) is 10.5. The van der Waals surface area contributed by atoms with Gasteiger partial charge in [0.15, 0.2) is 17.5 Å². The first-order chi connectivity index (χ1) is 6.86. The first-order valence-electron chi connectivity index (χ1n) is 3.86. The van der Waals surface area contributed by atoms with E-state index in [-0.39, 0.29) is 0 Å². The average molecular weight is 301 g/mol. The molecule has 0 amide bonds. The van der Waals surface area contributed by atoms with Gasteiger partial charge in [-0.2, -0.15) is 0 Å². The maximum atomic E-state index is 13.3. The first kappa shape index (κ1) is 12.5. The Morgan fingerprint density at radius 3 is 2.27 bits per heavy atom. The van der Waals surface area contributed by atoms with Gasteiger partial charge < -0.3 is 0 Å². The molecule has 0 atom stereocenters. The molecule has 1 rings (SSSR count). The minimum atomic E-state index is -1.38. The van der Waals surface area contributed by atoms with E-state index >= 15 is 0 Å². The van der Waals surface area contributed by atoms with Crippen molar-refractivity contribution in [1.29, 1.82) is 0 Å². The average Bonchev–Trinajstić information content (AvgIpc) is 2.18. The van der Waals surface area contributed by atoms with E-state index in [0.717, 1.165) is 0 Å². The summed E-state index contributed by atoms with van der Waals surface area (Å²) in [5, 5.41) is -0.573. The van der Waals surface area contributed by atoms with Crippen LogP contribution in [0.4, 0.5) is 13.2 Å². The van der Waals surface area contributed by atoms with Crippen LogP contribution in [0.2, 0.25) is 5.02 Å². The van der Waals surface area contributed by atoms with Crippen molar-refractivity contribution in [2.24, 2.45) is 0 Å². The highest BCUT2D eigenvalue weighted by Crippen LogP contribution is 2.32. The molecule has 0 heterocycles. The van der Waals surface area contributed by atoms with Crippen LogP contribution in [0.3, 0.4) is 0 Å². The van der Waals surface area contributed by atoms with Crippen LogP contribution in [0.15, 0.2) is 4.47 Å². The van der Waals surface area contributed by atoms with Gasteiger partial charge in [-0.05, 0) is 22.9 Å². The van der Waals surface area contributed by atoms with Crippen LogP contribution in [0, 0.1) is 17.5 Å². The third kappa shape index (κ3) is 2.34. The van der Waals surface area contributed by atoms with Gasteiger partial charge in [0.25, 0.3) is 0 Å². The smallest absolute Gasteiger partial charge is 0.176 e. The van der Waals surface area contributed by atoms with Crippen LogP contribution in [0.25, 0.3) is 0 Å². The Labute approximate surface area is 97.4 Å². The maximum Gasteiger partial charge on any atom is 0.176 e. The van der Waals surface area contributed by atoms with Gasteiger partial charge in [0.05, 0.1) is 9.50 Å². The standard InChI is InChI=1S/C9H5BrClF3O/c1-3(15)2-4-6(11)8(13)5(10)9(14)7(4)12/h2H2,1H3. The second kappa shape index (κ2) is 4.53. The molecule has 1 aromatic carbocycles. The molecule has 6 heteroatoms. The van der Waals surface area contributed by atoms with Gasteiger partial charge in [0, 0.05) is 12.0 Å². The fraction of sp³-hybridized carbons (Fsp3) is 0.222. The third-order valence-electron chi connectivity index (χ3n) is 1.73. The van der Waals surface area contributed by atoms with Crippen LogP contribution < -0.4 is 0 Å². The number of ketones is 1. The van der Waals surface area contributed by atoms with Crippen LogP contribution >= 0.6 is 27.5 Å². The molecular formula is C9H5BrClF3O. The Bertz CT molecular complexity index is 405. The number of halogens is 5. The predicted molar refractivity (Wildman–Crippen MR) is 53.4 cm³/mol. The summed E-state index contributed by atoms with van der Waals surface area (Å²) in [7, 11) is 0. The summed E-state index contributed by atoms with van der Waals surface area (Å²) in [5.41, 5.74) is -0.456. The Kier molecular flexibility index (Phi) is 3.78. The summed E-state index contributed by atoms with van der Waals surface area (Å²) in [5.74, 6) is -4.22. The second-order valence-corrected chi connectivity index (χ2v) is 4.10. The fourth-order valence-electron chi connectivity index (χ4n) is 1.05. The molecule has 0 spiro atoms. The zero-order chi connectivity index (χ0) is 11.7. The van der Waals surface area contributed by atoms with E-state index in [1.807, 2.05) is 0 Å². The van der Waals surface area contributed by atoms with E-state index in [1.54, 1.807) is 0 Å². The number of carbonyl (C=O) groups excluding carboxylic acids is 1. The maximum absolute atomic E-state index is 13.3. The quantitative estimate of drug-likeness (QED) is 0.602. The van der Waals surface area contributed by atoms with Gasteiger partial charge in [-0.25, -0.2) is 13.2 Å². The highest BCUT2D eigenvalue weighted by Gasteiger charge is 2.23. The molecule has 0 radical (unpaired) electrons. The van der Waals surface area contributed by atoms with Crippen LogP contribution in [0.1, 0.15) is 12.5 Å². The number of hydrogen-bond donors (Lipinski definition) is 0. The summed E-state index contributed by atoms with van der Waals surface area (Å²) in [4.78, 5) is 10.7. The van der Waals surface area contributed by atoms with E-state index < -0.39 is 44.7 Å². The topological polar surface area (TPSA) is 17.1 Å². The highest BCUT2D eigenvalue weighted by molar-refractivity contribution is 9.10. The van der Waals surface area contributed by atoms with Crippen molar-refractivity contribution < 1.29 is 18.0 Å². The predicted octanol–water partition coefficient (Wildman–Crippen LogP) is 3.65. The van der Waals surface area contributed by atoms with Gasteiger partial charge in [0.2, 0.25) is 0 Å². The molecule has 0 N–H and O–H groups in total. The van der Waals surface area contributed by atoms with Gasteiger partial charge >= 0.3 is 0 Å². The SMILES string of the molecule is CC(=O)Cc1c(F)c(F)c(Br)c(F)c1Cl. The van der Waals surface area contributed by atoms with Crippen LogP contribution in [-0.4, -0.2) is 5.78 Å². The molecular weight excluding hydrogens is 296 g/mol. The Morgan fingerprint density at radius 1 is 1.27 bits per heavy atom. The number of rotatable bonds is 2. The van der Waals surface area contributed by atoms with Crippen molar-refractivity contribution in [3.8, 4) is 0 Å². The summed E-state index contributed by atoms with van der Waals surface area (Å²) in [6.45, 7) is 1.17. The van der Waals surface area contributed by atoms with E-state index in [1.165, 1.54) is 6.92 Å². The first-order valence-corrected chi connectivity index (χ1v) is 5.03. The molecule has 0 saturated heterocycles. The zero-order valence-corrected chi connectivity index (χ0v) is 9.85. The number of benzene rings is 1. The van der Waals surface area contributed by atoms with Crippen molar-refractivity contribution in [3.05, 3.63) is 32.5 Å². The van der Waals surface area contributed by atoms with Gasteiger partial charge in [0.1, 0.15) is 5.78 Å². The summed E-state index contributed by atoms with van der Waals surface area (Å²) in [6, 6.07) is 0. The molecule has 0 bridgehead atoms. The molecule has 1 nitrogen and oxygen atoms in total. The van der Waals surface area contributed by atoms with E-state index in [2.05, 4.69) is 15.9 Å². The number of Topliss-reactive ketones (excluding diaryl/α,β-unsaturated/α-hetero) is 1. The molecule has 0 aliphatic carbocycles. The molecule has 82 valence electrons. The monoisotopic (exact) mass is 300 g/mol. The van der Waals surface area contributed by atoms with Crippen molar-refractivity contribution >= 4 is 33.3 Å². The summed E-state index contributed by atoms with van der Waals surface area (Å²) in [6.07, 6.45) is -0.439. The Balaban J connectivity index is 3.45. The van der Waals surface area contributed by atoms with E-state index in [0.29, 0.717) is 0 Å². The Hall–Kier alpha value is -0.550. The summed E-state index contributed by atoms with van der Waals surface area (Å²) >= 11 is 7.98. The van der Waals surface area contributed by atoms with E-state index in [4.69, 9.17) is 11.6 Å². The van der Waals surface area contributed by atoms with Crippen molar-refractivity contribution in [1.82, 2.24) is 0 Å².